The summed E-state index contributed by atoms with van der Waals surface area (Å²) < 4.78 is 1.72. The van der Waals surface area contributed by atoms with Crippen molar-refractivity contribution in [1.29, 1.82) is 0 Å². The third-order valence-corrected chi connectivity index (χ3v) is 3.59. The molecule has 3 aromatic rings. The van der Waals surface area contributed by atoms with Crippen molar-refractivity contribution in [3.8, 4) is 5.82 Å². The minimum absolute atomic E-state index is 0.107. The number of nitrogens with zero attached hydrogens (tertiary/aromatic N) is 3. The molecule has 5 heteroatoms. The van der Waals surface area contributed by atoms with Gasteiger partial charge in [-0.25, -0.2) is 9.67 Å². The summed E-state index contributed by atoms with van der Waals surface area (Å²) >= 11 is 6.21. The van der Waals surface area contributed by atoms with Gasteiger partial charge in [-0.1, -0.05) is 29.8 Å². The van der Waals surface area contributed by atoms with Gasteiger partial charge in [-0.2, -0.15) is 5.10 Å². The standard InChI is InChI=1S/C16H15ClN4/c1-12(14-5-2-3-6-15(14)17)20-13-7-8-16(18-11-13)21-10-4-9-19-21/h2-12,20H,1H3. The molecule has 0 aliphatic carbocycles. The van der Waals surface area contributed by atoms with Crippen LogP contribution in [0.15, 0.2) is 61.1 Å². The maximum absolute atomic E-state index is 6.21. The van der Waals surface area contributed by atoms with E-state index in [2.05, 4.69) is 22.3 Å². The molecular weight excluding hydrogens is 284 g/mol. The number of aromatic nitrogens is 3. The monoisotopic (exact) mass is 298 g/mol. The third-order valence-electron chi connectivity index (χ3n) is 3.24. The van der Waals surface area contributed by atoms with Crippen LogP contribution in [0.25, 0.3) is 5.82 Å². The zero-order valence-corrected chi connectivity index (χ0v) is 12.3. The number of pyridine rings is 1. The van der Waals surface area contributed by atoms with Crippen molar-refractivity contribution in [2.45, 2.75) is 13.0 Å². The van der Waals surface area contributed by atoms with Crippen LogP contribution in [0.3, 0.4) is 0 Å². The lowest BCUT2D eigenvalue weighted by Crippen LogP contribution is -2.08. The quantitative estimate of drug-likeness (QED) is 0.789. The van der Waals surface area contributed by atoms with Crippen LogP contribution in [-0.2, 0) is 0 Å². The lowest BCUT2D eigenvalue weighted by Gasteiger charge is -2.16. The summed E-state index contributed by atoms with van der Waals surface area (Å²) in [6.45, 7) is 2.07. The van der Waals surface area contributed by atoms with Crippen molar-refractivity contribution in [3.05, 3.63) is 71.6 Å². The zero-order chi connectivity index (χ0) is 14.7. The molecule has 0 bridgehead atoms. The fraction of sp³-hybridized carbons (Fsp3) is 0.125. The highest BCUT2D eigenvalue weighted by atomic mass is 35.5. The van der Waals surface area contributed by atoms with Gasteiger partial charge in [0, 0.05) is 17.4 Å². The average molecular weight is 299 g/mol. The Bertz CT molecular complexity index is 707. The van der Waals surface area contributed by atoms with E-state index in [1.807, 2.05) is 48.7 Å². The Hall–Kier alpha value is -2.33. The molecule has 21 heavy (non-hydrogen) atoms. The first-order chi connectivity index (χ1) is 10.2. The van der Waals surface area contributed by atoms with Crippen molar-refractivity contribution in [2.24, 2.45) is 0 Å². The lowest BCUT2D eigenvalue weighted by atomic mass is 10.1. The van der Waals surface area contributed by atoms with Crippen molar-refractivity contribution in [3.63, 3.8) is 0 Å². The smallest absolute Gasteiger partial charge is 0.153 e. The minimum Gasteiger partial charge on any atom is -0.377 e. The highest BCUT2D eigenvalue weighted by Gasteiger charge is 2.09. The molecule has 2 aromatic heterocycles. The van der Waals surface area contributed by atoms with Crippen LogP contribution in [0.1, 0.15) is 18.5 Å². The van der Waals surface area contributed by atoms with Crippen LogP contribution < -0.4 is 5.32 Å². The normalized spacial score (nSPS) is 12.1. The van der Waals surface area contributed by atoms with E-state index in [1.54, 1.807) is 17.1 Å². The van der Waals surface area contributed by atoms with E-state index in [4.69, 9.17) is 11.6 Å². The first-order valence-electron chi connectivity index (χ1n) is 6.71. The van der Waals surface area contributed by atoms with Crippen LogP contribution in [0.4, 0.5) is 5.69 Å². The molecule has 0 spiro atoms. The average Bonchev–Trinajstić information content (AvgIpc) is 3.02. The Morgan fingerprint density at radius 2 is 2.00 bits per heavy atom. The second-order valence-electron chi connectivity index (χ2n) is 4.74. The Labute approximate surface area is 128 Å². The van der Waals surface area contributed by atoms with Gasteiger partial charge in [-0.3, -0.25) is 0 Å². The summed E-state index contributed by atoms with van der Waals surface area (Å²) in [4.78, 5) is 4.40. The van der Waals surface area contributed by atoms with Gasteiger partial charge in [0.15, 0.2) is 5.82 Å². The van der Waals surface area contributed by atoms with Gasteiger partial charge in [0.1, 0.15) is 0 Å². The number of hydrogen-bond acceptors (Lipinski definition) is 3. The molecule has 2 heterocycles. The molecule has 4 nitrogen and oxygen atoms in total. The summed E-state index contributed by atoms with van der Waals surface area (Å²) in [7, 11) is 0. The molecular formula is C16H15ClN4. The lowest BCUT2D eigenvalue weighted by molar-refractivity contribution is 0.842. The van der Waals surface area contributed by atoms with E-state index >= 15 is 0 Å². The summed E-state index contributed by atoms with van der Waals surface area (Å²) in [5.41, 5.74) is 2.01. The fourth-order valence-corrected chi connectivity index (χ4v) is 2.46. The van der Waals surface area contributed by atoms with Crippen LogP contribution in [0.5, 0.6) is 0 Å². The highest BCUT2D eigenvalue weighted by molar-refractivity contribution is 6.31. The van der Waals surface area contributed by atoms with E-state index in [-0.39, 0.29) is 6.04 Å². The molecule has 0 amide bonds. The Balaban J connectivity index is 1.75. The molecule has 0 saturated carbocycles. The predicted molar refractivity (Wildman–Crippen MR) is 84.8 cm³/mol. The number of nitrogens with one attached hydrogen (secondary N) is 1. The largest absolute Gasteiger partial charge is 0.377 e. The molecule has 1 atom stereocenters. The Morgan fingerprint density at radius 1 is 1.14 bits per heavy atom. The van der Waals surface area contributed by atoms with E-state index in [1.165, 1.54) is 0 Å². The maximum Gasteiger partial charge on any atom is 0.153 e. The molecule has 0 radical (unpaired) electrons. The number of benzene rings is 1. The minimum atomic E-state index is 0.107. The molecule has 0 fully saturated rings. The number of rotatable bonds is 4. The van der Waals surface area contributed by atoms with Crippen molar-refractivity contribution in [1.82, 2.24) is 14.8 Å². The van der Waals surface area contributed by atoms with Crippen LogP contribution in [0, 0.1) is 0 Å². The van der Waals surface area contributed by atoms with Gasteiger partial charge in [0.05, 0.1) is 17.9 Å². The molecule has 0 aliphatic heterocycles. The molecule has 3 rings (SSSR count). The molecule has 0 aliphatic rings. The topological polar surface area (TPSA) is 42.7 Å². The maximum atomic E-state index is 6.21. The van der Waals surface area contributed by atoms with Crippen LogP contribution >= 0.6 is 11.6 Å². The van der Waals surface area contributed by atoms with Gasteiger partial charge in [0.25, 0.3) is 0 Å². The zero-order valence-electron chi connectivity index (χ0n) is 11.6. The van der Waals surface area contributed by atoms with Gasteiger partial charge >= 0.3 is 0 Å². The summed E-state index contributed by atoms with van der Waals surface area (Å²) in [6.07, 6.45) is 5.39. The first-order valence-corrected chi connectivity index (χ1v) is 7.09. The highest BCUT2D eigenvalue weighted by Crippen LogP contribution is 2.25. The van der Waals surface area contributed by atoms with Gasteiger partial charge in [-0.05, 0) is 36.8 Å². The number of hydrogen-bond donors (Lipinski definition) is 1. The van der Waals surface area contributed by atoms with Crippen LogP contribution in [-0.4, -0.2) is 14.8 Å². The SMILES string of the molecule is CC(Nc1ccc(-n2cccn2)nc1)c1ccccc1Cl. The van der Waals surface area contributed by atoms with Crippen molar-refractivity contribution in [2.75, 3.05) is 5.32 Å². The number of anilines is 1. The first kappa shape index (κ1) is 13.6. The summed E-state index contributed by atoms with van der Waals surface area (Å²) in [6, 6.07) is 13.7. The molecule has 1 aromatic carbocycles. The third kappa shape index (κ3) is 3.06. The van der Waals surface area contributed by atoms with E-state index in [9.17, 15) is 0 Å². The van der Waals surface area contributed by atoms with E-state index in [0.717, 1.165) is 22.1 Å². The number of halogens is 1. The fourth-order valence-electron chi connectivity index (χ4n) is 2.17. The van der Waals surface area contributed by atoms with Gasteiger partial charge in [-0.15, -0.1) is 0 Å². The van der Waals surface area contributed by atoms with Gasteiger partial charge < -0.3 is 5.32 Å². The second-order valence-corrected chi connectivity index (χ2v) is 5.15. The van der Waals surface area contributed by atoms with Crippen molar-refractivity contribution < 1.29 is 0 Å². The second kappa shape index (κ2) is 5.97. The molecule has 0 saturated heterocycles. The van der Waals surface area contributed by atoms with E-state index in [0.29, 0.717) is 0 Å². The van der Waals surface area contributed by atoms with Crippen LogP contribution in [0.2, 0.25) is 5.02 Å². The molecule has 1 N–H and O–H groups in total. The van der Waals surface area contributed by atoms with E-state index < -0.39 is 0 Å². The Morgan fingerprint density at radius 3 is 2.67 bits per heavy atom. The molecule has 1 unspecified atom stereocenters. The summed E-state index contributed by atoms with van der Waals surface area (Å²) in [5, 5.41) is 8.31. The predicted octanol–water partition coefficient (Wildman–Crippen LogP) is 4.09. The summed E-state index contributed by atoms with van der Waals surface area (Å²) in [5.74, 6) is 0.788. The van der Waals surface area contributed by atoms with Crippen molar-refractivity contribution >= 4 is 17.3 Å². The Kier molecular flexibility index (Phi) is 3.88. The van der Waals surface area contributed by atoms with Gasteiger partial charge in [0.2, 0.25) is 0 Å². The molecule has 106 valence electrons.